The van der Waals surface area contributed by atoms with Gasteiger partial charge in [0.25, 0.3) is 0 Å². The van der Waals surface area contributed by atoms with Crippen molar-refractivity contribution in [1.82, 2.24) is 29.3 Å². The number of hydrogen-bond acceptors (Lipinski definition) is 5. The molecule has 0 aliphatic carbocycles. The average molecular weight is 466 g/mol. The highest BCUT2D eigenvalue weighted by molar-refractivity contribution is 6.33. The Morgan fingerprint density at radius 3 is 2.67 bits per heavy atom. The van der Waals surface area contributed by atoms with Crippen LogP contribution >= 0.6 is 11.6 Å². The van der Waals surface area contributed by atoms with Gasteiger partial charge < -0.3 is 4.74 Å². The average Bonchev–Trinajstić information content (AvgIpc) is 3.53. The smallest absolute Gasteiger partial charge is 0.230 e. The molecule has 0 radical (unpaired) electrons. The number of amides is 1. The third-order valence-corrected chi connectivity index (χ3v) is 5.97. The number of halogens is 1. The van der Waals surface area contributed by atoms with Gasteiger partial charge in [0, 0.05) is 24.6 Å². The topological polar surface area (TPSA) is 83.0 Å². The van der Waals surface area contributed by atoms with Crippen LogP contribution in [0.3, 0.4) is 0 Å². The fourth-order valence-electron chi connectivity index (χ4n) is 4.08. The number of rotatable bonds is 6. The number of hydrogen-bond donors (Lipinski definition) is 0. The summed E-state index contributed by atoms with van der Waals surface area (Å²) in [5, 5.41) is 14.0. The number of aromatic nitrogens is 6. The first-order valence-corrected chi connectivity index (χ1v) is 11.1. The van der Waals surface area contributed by atoms with Crippen molar-refractivity contribution in [3.05, 3.63) is 59.4 Å². The standard InChI is InChI=1S/C23H24ClN7O2/c1-15(2)30-23(18(24)13-26-30)19-12-20-28(21(32)9-11-29(20)27-19)14-16-4-6-17(7-5-16)31-22(33-3)8-10-25-31/h4-8,10,12-13,15H,9,11,14H2,1-3H3. The molecule has 170 valence electrons. The highest BCUT2D eigenvalue weighted by Crippen LogP contribution is 2.34. The summed E-state index contributed by atoms with van der Waals surface area (Å²) in [6, 6.07) is 11.8. The van der Waals surface area contributed by atoms with Gasteiger partial charge in [-0.15, -0.1) is 0 Å². The Bertz CT molecular complexity index is 1300. The maximum Gasteiger partial charge on any atom is 0.230 e. The van der Waals surface area contributed by atoms with Crippen LogP contribution in [0.15, 0.2) is 48.8 Å². The minimum absolute atomic E-state index is 0.0650. The first-order valence-electron chi connectivity index (χ1n) is 10.7. The lowest BCUT2D eigenvalue weighted by atomic mass is 10.1. The predicted octanol–water partition coefficient (Wildman–Crippen LogP) is 4.11. The summed E-state index contributed by atoms with van der Waals surface area (Å²) in [6.07, 6.45) is 3.72. The summed E-state index contributed by atoms with van der Waals surface area (Å²) in [5.74, 6) is 1.48. The van der Waals surface area contributed by atoms with Gasteiger partial charge >= 0.3 is 0 Å². The monoisotopic (exact) mass is 465 g/mol. The lowest BCUT2D eigenvalue weighted by molar-refractivity contribution is -0.119. The van der Waals surface area contributed by atoms with Gasteiger partial charge in [-0.2, -0.15) is 15.3 Å². The van der Waals surface area contributed by atoms with Crippen LogP contribution in [0.1, 0.15) is 31.9 Å². The molecule has 3 aromatic heterocycles. The molecule has 0 unspecified atom stereocenters. The van der Waals surface area contributed by atoms with Crippen LogP contribution in [-0.2, 0) is 17.9 Å². The molecule has 0 N–H and O–H groups in total. The molecule has 5 rings (SSSR count). The summed E-state index contributed by atoms with van der Waals surface area (Å²) in [7, 11) is 1.61. The molecular formula is C23H24ClN7O2. The van der Waals surface area contributed by atoms with Crippen LogP contribution in [0, 0.1) is 0 Å². The van der Waals surface area contributed by atoms with Gasteiger partial charge in [0.15, 0.2) is 0 Å². The second-order valence-corrected chi connectivity index (χ2v) is 8.58. The van der Waals surface area contributed by atoms with E-state index < -0.39 is 0 Å². The molecule has 10 heteroatoms. The Labute approximate surface area is 196 Å². The highest BCUT2D eigenvalue weighted by Gasteiger charge is 2.28. The van der Waals surface area contributed by atoms with Crippen molar-refractivity contribution in [3.63, 3.8) is 0 Å². The van der Waals surface area contributed by atoms with Gasteiger partial charge in [-0.3, -0.25) is 14.4 Å². The molecule has 1 amide bonds. The van der Waals surface area contributed by atoms with Crippen molar-refractivity contribution >= 4 is 23.3 Å². The number of methoxy groups -OCH3 is 1. The minimum Gasteiger partial charge on any atom is -0.481 e. The molecule has 0 fully saturated rings. The fourth-order valence-corrected chi connectivity index (χ4v) is 4.30. The Balaban J connectivity index is 1.44. The molecule has 4 heterocycles. The summed E-state index contributed by atoms with van der Waals surface area (Å²) >= 11 is 6.43. The molecule has 0 saturated carbocycles. The van der Waals surface area contributed by atoms with Gasteiger partial charge in [0.2, 0.25) is 11.8 Å². The Hall–Kier alpha value is -3.59. The number of ether oxygens (including phenoxy) is 1. The van der Waals surface area contributed by atoms with Crippen molar-refractivity contribution < 1.29 is 9.53 Å². The molecule has 0 bridgehead atoms. The minimum atomic E-state index is 0.0650. The zero-order chi connectivity index (χ0) is 23.1. The van der Waals surface area contributed by atoms with Crippen LogP contribution in [0.5, 0.6) is 5.88 Å². The molecule has 1 aliphatic rings. The first-order chi connectivity index (χ1) is 16.0. The predicted molar refractivity (Wildman–Crippen MR) is 125 cm³/mol. The molecule has 1 aromatic carbocycles. The summed E-state index contributed by atoms with van der Waals surface area (Å²) < 4.78 is 10.8. The van der Waals surface area contributed by atoms with E-state index in [1.807, 2.05) is 53.5 Å². The van der Waals surface area contributed by atoms with E-state index in [9.17, 15) is 4.79 Å². The number of anilines is 1. The lowest BCUT2D eigenvalue weighted by Gasteiger charge is -2.27. The molecule has 9 nitrogen and oxygen atoms in total. The molecule has 0 spiro atoms. The van der Waals surface area contributed by atoms with Crippen LogP contribution < -0.4 is 9.64 Å². The van der Waals surface area contributed by atoms with Gasteiger partial charge in [0.1, 0.15) is 17.2 Å². The zero-order valence-electron chi connectivity index (χ0n) is 18.6. The van der Waals surface area contributed by atoms with E-state index in [4.69, 9.17) is 21.4 Å². The van der Waals surface area contributed by atoms with E-state index in [1.54, 1.807) is 35.2 Å². The van der Waals surface area contributed by atoms with E-state index in [0.717, 1.165) is 22.8 Å². The Morgan fingerprint density at radius 2 is 1.94 bits per heavy atom. The number of fused-ring (bicyclic) bond motifs is 1. The van der Waals surface area contributed by atoms with E-state index in [-0.39, 0.29) is 11.9 Å². The van der Waals surface area contributed by atoms with Gasteiger partial charge in [-0.05, 0) is 31.5 Å². The number of benzene rings is 1. The van der Waals surface area contributed by atoms with Crippen molar-refractivity contribution in [2.24, 2.45) is 0 Å². The SMILES string of the molecule is COc1ccnn1-c1ccc(CN2C(=O)CCn3nc(-c4c(Cl)cnn4C(C)C)cc32)cc1. The normalized spacial score (nSPS) is 13.6. The van der Waals surface area contributed by atoms with Gasteiger partial charge in [-0.1, -0.05) is 23.7 Å². The summed E-state index contributed by atoms with van der Waals surface area (Å²) in [5.41, 5.74) is 3.36. The second-order valence-electron chi connectivity index (χ2n) is 8.17. The van der Waals surface area contributed by atoms with E-state index in [0.29, 0.717) is 36.1 Å². The van der Waals surface area contributed by atoms with Crippen LogP contribution in [0.4, 0.5) is 5.82 Å². The summed E-state index contributed by atoms with van der Waals surface area (Å²) in [6.45, 7) is 5.07. The Kier molecular flexibility index (Phi) is 5.41. The number of carbonyl (C=O) groups excluding carboxylic acids is 1. The number of aryl methyl sites for hydroxylation is 1. The van der Waals surface area contributed by atoms with Crippen LogP contribution in [0.2, 0.25) is 5.02 Å². The molecular weight excluding hydrogens is 442 g/mol. The molecule has 1 aliphatic heterocycles. The maximum absolute atomic E-state index is 12.8. The molecule has 33 heavy (non-hydrogen) atoms. The number of nitrogens with zero attached hydrogens (tertiary/aromatic N) is 7. The van der Waals surface area contributed by atoms with Crippen molar-refractivity contribution in [2.45, 2.75) is 39.4 Å². The molecule has 0 atom stereocenters. The van der Waals surface area contributed by atoms with Gasteiger partial charge in [-0.25, -0.2) is 9.36 Å². The third kappa shape index (κ3) is 3.78. The largest absolute Gasteiger partial charge is 0.481 e. The molecule has 4 aromatic rings. The first kappa shape index (κ1) is 21.3. The van der Waals surface area contributed by atoms with Crippen LogP contribution in [0.25, 0.3) is 17.1 Å². The maximum atomic E-state index is 12.8. The molecule has 0 saturated heterocycles. The quantitative estimate of drug-likeness (QED) is 0.428. The van der Waals surface area contributed by atoms with E-state index in [2.05, 4.69) is 10.2 Å². The van der Waals surface area contributed by atoms with E-state index >= 15 is 0 Å². The van der Waals surface area contributed by atoms with Crippen molar-refractivity contribution in [3.8, 4) is 23.0 Å². The zero-order valence-corrected chi connectivity index (χ0v) is 19.4. The van der Waals surface area contributed by atoms with Crippen molar-refractivity contribution in [1.29, 1.82) is 0 Å². The third-order valence-electron chi connectivity index (χ3n) is 5.70. The van der Waals surface area contributed by atoms with Gasteiger partial charge in [0.05, 0.1) is 43.3 Å². The highest BCUT2D eigenvalue weighted by atomic mass is 35.5. The lowest BCUT2D eigenvalue weighted by Crippen LogP contribution is -2.36. The van der Waals surface area contributed by atoms with E-state index in [1.165, 1.54) is 0 Å². The number of carbonyl (C=O) groups is 1. The Morgan fingerprint density at radius 1 is 1.15 bits per heavy atom. The second kappa shape index (κ2) is 8.40. The summed E-state index contributed by atoms with van der Waals surface area (Å²) in [4.78, 5) is 14.6. The van der Waals surface area contributed by atoms with Crippen molar-refractivity contribution in [2.75, 3.05) is 12.0 Å². The van der Waals surface area contributed by atoms with Crippen LogP contribution in [-0.4, -0.2) is 42.4 Å². The fraction of sp³-hybridized carbons (Fsp3) is 0.304.